The average molecular weight is 385 g/mol. The highest BCUT2D eigenvalue weighted by atomic mass is 79.9. The van der Waals surface area contributed by atoms with E-state index in [2.05, 4.69) is 21.2 Å². The van der Waals surface area contributed by atoms with Crippen molar-refractivity contribution in [2.75, 3.05) is 6.54 Å². The highest BCUT2D eigenvalue weighted by molar-refractivity contribution is 9.10. The van der Waals surface area contributed by atoms with Crippen LogP contribution in [0, 0.1) is 0 Å². The van der Waals surface area contributed by atoms with Crippen LogP contribution in [0.1, 0.15) is 18.1 Å². The molecule has 0 unspecified atom stereocenters. The molecular formula is C17H19BrClNO2. The van der Waals surface area contributed by atoms with E-state index in [1.54, 1.807) is 6.92 Å². The summed E-state index contributed by atoms with van der Waals surface area (Å²) >= 11 is 9.62. The standard InChI is InChI=1S/C17H19BrClNO2/c1-12(21)9-20-10-14-8-15(18)6-7-17(14)22-11-13-4-2-3-5-16(13)19/h2-8,12,20-21H,9-11H2,1H3/t12-/m0/s1. The van der Waals surface area contributed by atoms with Crippen molar-refractivity contribution < 1.29 is 9.84 Å². The zero-order chi connectivity index (χ0) is 15.9. The molecule has 2 rings (SSSR count). The molecule has 0 saturated heterocycles. The Morgan fingerprint density at radius 1 is 1.23 bits per heavy atom. The van der Waals surface area contributed by atoms with E-state index in [4.69, 9.17) is 16.3 Å². The summed E-state index contributed by atoms with van der Waals surface area (Å²) in [6.45, 7) is 3.34. The summed E-state index contributed by atoms with van der Waals surface area (Å²) in [7, 11) is 0. The summed E-state index contributed by atoms with van der Waals surface area (Å²) in [6, 6.07) is 13.5. The average Bonchev–Trinajstić information content (AvgIpc) is 2.47. The Morgan fingerprint density at radius 2 is 2.00 bits per heavy atom. The predicted octanol–water partition coefficient (Wildman–Crippen LogP) is 4.15. The lowest BCUT2D eigenvalue weighted by molar-refractivity contribution is 0.190. The third-order valence-corrected chi connectivity index (χ3v) is 3.98. The monoisotopic (exact) mass is 383 g/mol. The first kappa shape index (κ1) is 17.3. The number of hydrogen-bond acceptors (Lipinski definition) is 3. The molecule has 0 heterocycles. The predicted molar refractivity (Wildman–Crippen MR) is 93.3 cm³/mol. The number of benzene rings is 2. The van der Waals surface area contributed by atoms with E-state index in [1.807, 2.05) is 42.5 Å². The molecule has 0 saturated carbocycles. The summed E-state index contributed by atoms with van der Waals surface area (Å²) in [6.07, 6.45) is -0.375. The minimum absolute atomic E-state index is 0.375. The third-order valence-electron chi connectivity index (χ3n) is 3.12. The normalized spacial score (nSPS) is 12.2. The van der Waals surface area contributed by atoms with E-state index in [1.165, 1.54) is 0 Å². The van der Waals surface area contributed by atoms with Crippen molar-refractivity contribution in [3.8, 4) is 5.75 Å². The first-order valence-corrected chi connectivity index (χ1v) is 8.27. The van der Waals surface area contributed by atoms with Crippen LogP contribution in [0.5, 0.6) is 5.75 Å². The SMILES string of the molecule is C[C@H](O)CNCc1cc(Br)ccc1OCc1ccccc1Cl. The maximum Gasteiger partial charge on any atom is 0.124 e. The van der Waals surface area contributed by atoms with Gasteiger partial charge in [-0.25, -0.2) is 0 Å². The van der Waals surface area contributed by atoms with Gasteiger partial charge in [0.1, 0.15) is 12.4 Å². The Kier molecular flexibility index (Phi) is 6.70. The second kappa shape index (κ2) is 8.53. The van der Waals surface area contributed by atoms with Crippen molar-refractivity contribution in [2.45, 2.75) is 26.2 Å². The maximum atomic E-state index is 9.32. The molecule has 0 spiro atoms. The lowest BCUT2D eigenvalue weighted by Gasteiger charge is -2.14. The van der Waals surface area contributed by atoms with Crippen molar-refractivity contribution in [3.63, 3.8) is 0 Å². The Balaban J connectivity index is 2.05. The second-order valence-electron chi connectivity index (χ2n) is 5.11. The van der Waals surface area contributed by atoms with Gasteiger partial charge in [0.15, 0.2) is 0 Å². The molecule has 0 fully saturated rings. The molecule has 0 aliphatic heterocycles. The Bertz CT molecular complexity index is 619. The highest BCUT2D eigenvalue weighted by Crippen LogP contribution is 2.25. The fraction of sp³-hybridized carbons (Fsp3) is 0.294. The van der Waals surface area contributed by atoms with E-state index in [-0.39, 0.29) is 6.10 Å². The van der Waals surface area contributed by atoms with Crippen molar-refractivity contribution in [1.29, 1.82) is 0 Å². The molecule has 3 nitrogen and oxygen atoms in total. The van der Waals surface area contributed by atoms with Gasteiger partial charge in [0.25, 0.3) is 0 Å². The van der Waals surface area contributed by atoms with Gasteiger partial charge in [-0.2, -0.15) is 0 Å². The first-order chi connectivity index (χ1) is 10.6. The van der Waals surface area contributed by atoms with Gasteiger partial charge in [0, 0.05) is 33.7 Å². The van der Waals surface area contributed by atoms with Gasteiger partial charge in [-0.3, -0.25) is 0 Å². The summed E-state index contributed by atoms with van der Waals surface area (Å²) in [5.74, 6) is 0.807. The van der Waals surface area contributed by atoms with E-state index in [9.17, 15) is 5.11 Å². The molecule has 0 radical (unpaired) electrons. The Labute approximate surface area is 144 Å². The highest BCUT2D eigenvalue weighted by Gasteiger charge is 2.07. The number of halogens is 2. The molecule has 2 aromatic carbocycles. The number of nitrogens with one attached hydrogen (secondary N) is 1. The third kappa shape index (κ3) is 5.29. The van der Waals surface area contributed by atoms with Crippen molar-refractivity contribution >= 4 is 27.5 Å². The van der Waals surface area contributed by atoms with Crippen LogP contribution in [0.2, 0.25) is 5.02 Å². The number of ether oxygens (including phenoxy) is 1. The van der Waals surface area contributed by atoms with E-state index in [0.717, 1.165) is 21.3 Å². The lowest BCUT2D eigenvalue weighted by Crippen LogP contribution is -2.24. The van der Waals surface area contributed by atoms with E-state index >= 15 is 0 Å². The fourth-order valence-corrected chi connectivity index (χ4v) is 2.61. The number of aliphatic hydroxyl groups is 1. The quantitative estimate of drug-likeness (QED) is 0.753. The second-order valence-corrected chi connectivity index (χ2v) is 6.43. The molecule has 2 N–H and O–H groups in total. The van der Waals surface area contributed by atoms with Crippen LogP contribution >= 0.6 is 27.5 Å². The van der Waals surface area contributed by atoms with Gasteiger partial charge < -0.3 is 15.2 Å². The minimum atomic E-state index is -0.375. The zero-order valence-corrected chi connectivity index (χ0v) is 14.7. The summed E-state index contributed by atoms with van der Waals surface area (Å²) in [5, 5.41) is 13.2. The summed E-state index contributed by atoms with van der Waals surface area (Å²) in [4.78, 5) is 0. The topological polar surface area (TPSA) is 41.5 Å². The van der Waals surface area contributed by atoms with Crippen LogP contribution in [0.25, 0.3) is 0 Å². The van der Waals surface area contributed by atoms with Crippen LogP contribution in [-0.2, 0) is 13.2 Å². The number of aliphatic hydroxyl groups excluding tert-OH is 1. The van der Waals surface area contributed by atoms with Crippen LogP contribution in [0.15, 0.2) is 46.9 Å². The molecule has 0 bridgehead atoms. The van der Waals surface area contributed by atoms with E-state index < -0.39 is 0 Å². The molecule has 1 atom stereocenters. The van der Waals surface area contributed by atoms with Crippen LogP contribution < -0.4 is 10.1 Å². The summed E-state index contributed by atoms with van der Waals surface area (Å²) < 4.78 is 6.90. The lowest BCUT2D eigenvalue weighted by atomic mass is 10.2. The fourth-order valence-electron chi connectivity index (χ4n) is 2.01. The molecule has 5 heteroatoms. The van der Waals surface area contributed by atoms with Crippen LogP contribution in [0.3, 0.4) is 0 Å². The molecule has 0 amide bonds. The Hall–Kier alpha value is -1.07. The van der Waals surface area contributed by atoms with Gasteiger partial charge in [-0.1, -0.05) is 45.7 Å². The van der Waals surface area contributed by atoms with Gasteiger partial charge in [-0.15, -0.1) is 0 Å². The maximum absolute atomic E-state index is 9.32. The van der Waals surface area contributed by atoms with Crippen LogP contribution in [0.4, 0.5) is 0 Å². The van der Waals surface area contributed by atoms with Gasteiger partial charge >= 0.3 is 0 Å². The van der Waals surface area contributed by atoms with Gasteiger partial charge in [0.05, 0.1) is 6.10 Å². The zero-order valence-electron chi connectivity index (χ0n) is 12.4. The van der Waals surface area contributed by atoms with Crippen molar-refractivity contribution in [2.24, 2.45) is 0 Å². The van der Waals surface area contributed by atoms with Gasteiger partial charge in [0.2, 0.25) is 0 Å². The van der Waals surface area contributed by atoms with Crippen molar-refractivity contribution in [3.05, 3.63) is 63.1 Å². The smallest absolute Gasteiger partial charge is 0.124 e. The molecular weight excluding hydrogens is 366 g/mol. The number of hydrogen-bond donors (Lipinski definition) is 2. The number of rotatable bonds is 7. The van der Waals surface area contributed by atoms with Crippen LogP contribution in [-0.4, -0.2) is 17.8 Å². The largest absolute Gasteiger partial charge is 0.489 e. The molecule has 22 heavy (non-hydrogen) atoms. The van der Waals surface area contributed by atoms with Gasteiger partial charge in [-0.05, 0) is 31.2 Å². The summed E-state index contributed by atoms with van der Waals surface area (Å²) in [5.41, 5.74) is 1.98. The van der Waals surface area contributed by atoms with E-state index in [0.29, 0.717) is 24.7 Å². The molecule has 118 valence electrons. The molecule has 2 aromatic rings. The molecule has 0 aliphatic carbocycles. The minimum Gasteiger partial charge on any atom is -0.489 e. The first-order valence-electron chi connectivity index (χ1n) is 7.09. The Morgan fingerprint density at radius 3 is 2.73 bits per heavy atom. The molecule has 0 aliphatic rings. The van der Waals surface area contributed by atoms with Crippen molar-refractivity contribution in [1.82, 2.24) is 5.32 Å². The molecule has 0 aromatic heterocycles.